The zero-order valence-electron chi connectivity index (χ0n) is 11.5. The second-order valence-corrected chi connectivity index (χ2v) is 6.84. The molecule has 0 aromatic rings. The van der Waals surface area contributed by atoms with Gasteiger partial charge < -0.3 is 4.90 Å². The van der Waals surface area contributed by atoms with Crippen LogP contribution in [0.5, 0.6) is 0 Å². The van der Waals surface area contributed by atoms with E-state index < -0.39 is 12.1 Å². The number of rotatable bonds is 2. The molecule has 0 amide bonds. The Morgan fingerprint density at radius 2 is 1.71 bits per heavy atom. The van der Waals surface area contributed by atoms with Crippen molar-refractivity contribution in [1.82, 2.24) is 4.90 Å². The van der Waals surface area contributed by atoms with Crippen molar-refractivity contribution in [3.63, 3.8) is 0 Å². The summed E-state index contributed by atoms with van der Waals surface area (Å²) in [6, 6.07) is 0. The van der Waals surface area contributed by atoms with Crippen LogP contribution in [-0.2, 0) is 0 Å². The molecule has 2 unspecified atom stereocenters. The predicted molar refractivity (Wildman–Crippen MR) is 63.9 cm³/mol. The van der Waals surface area contributed by atoms with Crippen LogP contribution in [-0.4, -0.2) is 30.7 Å². The maximum Gasteiger partial charge on any atom is 0.391 e. The zero-order valence-corrected chi connectivity index (χ0v) is 11.5. The first kappa shape index (κ1) is 14.8. The largest absolute Gasteiger partial charge is 0.391 e. The van der Waals surface area contributed by atoms with Gasteiger partial charge in [0, 0.05) is 5.54 Å². The first-order valence-electron chi connectivity index (χ1n) is 6.20. The van der Waals surface area contributed by atoms with Crippen LogP contribution in [0.4, 0.5) is 13.2 Å². The highest BCUT2D eigenvalue weighted by atomic mass is 19.4. The molecule has 0 aromatic heterocycles. The molecule has 0 aromatic carbocycles. The predicted octanol–water partition coefficient (Wildman–Crippen LogP) is 4.09. The van der Waals surface area contributed by atoms with Crippen LogP contribution in [0.1, 0.15) is 46.5 Å². The van der Waals surface area contributed by atoms with Gasteiger partial charge in [0.25, 0.3) is 0 Å². The molecule has 1 saturated carbocycles. The van der Waals surface area contributed by atoms with E-state index in [1.54, 1.807) is 0 Å². The minimum atomic E-state index is -4.03. The molecule has 1 rings (SSSR count). The Kier molecular flexibility index (Phi) is 3.88. The third kappa shape index (κ3) is 3.60. The number of hydrogen-bond acceptors (Lipinski definition) is 1. The van der Waals surface area contributed by atoms with Crippen molar-refractivity contribution in [3.05, 3.63) is 0 Å². The third-order valence-corrected chi connectivity index (χ3v) is 3.86. The summed E-state index contributed by atoms with van der Waals surface area (Å²) < 4.78 is 38.3. The molecular weight excluding hydrogens is 227 g/mol. The molecule has 0 bridgehead atoms. The normalized spacial score (nSPS) is 31.2. The van der Waals surface area contributed by atoms with Gasteiger partial charge in [-0.25, -0.2) is 0 Å². The van der Waals surface area contributed by atoms with Gasteiger partial charge >= 0.3 is 6.18 Å². The summed E-state index contributed by atoms with van der Waals surface area (Å²) in [5.74, 6) is -1.12. The quantitative estimate of drug-likeness (QED) is 0.714. The van der Waals surface area contributed by atoms with Crippen LogP contribution in [0.3, 0.4) is 0 Å². The summed E-state index contributed by atoms with van der Waals surface area (Å²) >= 11 is 0. The summed E-state index contributed by atoms with van der Waals surface area (Å²) in [7, 11) is 3.81. The van der Waals surface area contributed by atoms with E-state index in [4.69, 9.17) is 0 Å². The van der Waals surface area contributed by atoms with Crippen LogP contribution in [0.15, 0.2) is 0 Å². The third-order valence-electron chi connectivity index (χ3n) is 3.86. The standard InChI is InChI=1S/C13H24F3N/c1-11(2,3)9-12(17(4)5)7-6-10(8-12)13(14,15)16/h10H,6-9H2,1-5H3. The number of nitrogens with zero attached hydrogens (tertiary/aromatic N) is 1. The minimum Gasteiger partial charge on any atom is -0.304 e. The van der Waals surface area contributed by atoms with Crippen LogP contribution < -0.4 is 0 Å². The Labute approximate surface area is 102 Å². The zero-order chi connectivity index (χ0) is 13.5. The topological polar surface area (TPSA) is 3.24 Å². The fourth-order valence-corrected chi connectivity index (χ4v) is 3.10. The summed E-state index contributed by atoms with van der Waals surface area (Å²) in [6.45, 7) is 6.29. The Morgan fingerprint density at radius 3 is 2.00 bits per heavy atom. The van der Waals surface area contributed by atoms with Crippen molar-refractivity contribution >= 4 is 0 Å². The lowest BCUT2D eigenvalue weighted by Crippen LogP contribution is -2.45. The van der Waals surface area contributed by atoms with E-state index in [-0.39, 0.29) is 23.8 Å². The van der Waals surface area contributed by atoms with E-state index in [0.717, 1.165) is 6.42 Å². The second kappa shape index (κ2) is 4.45. The summed E-state index contributed by atoms with van der Waals surface area (Å²) in [5, 5.41) is 0. The SMILES string of the molecule is CN(C)C1(CC(C)(C)C)CCC(C(F)(F)F)C1. The van der Waals surface area contributed by atoms with E-state index in [2.05, 4.69) is 20.8 Å². The van der Waals surface area contributed by atoms with E-state index in [1.165, 1.54) is 0 Å². The van der Waals surface area contributed by atoms with E-state index >= 15 is 0 Å². The molecule has 0 heterocycles. The van der Waals surface area contributed by atoms with Crippen molar-refractivity contribution in [3.8, 4) is 0 Å². The average molecular weight is 251 g/mol. The number of halogens is 3. The highest BCUT2D eigenvalue weighted by molar-refractivity contribution is 5.00. The second-order valence-electron chi connectivity index (χ2n) is 6.84. The molecule has 0 N–H and O–H groups in total. The lowest BCUT2D eigenvalue weighted by Gasteiger charge is -2.41. The molecule has 17 heavy (non-hydrogen) atoms. The fourth-order valence-electron chi connectivity index (χ4n) is 3.10. The van der Waals surface area contributed by atoms with Gasteiger partial charge in [0.1, 0.15) is 0 Å². The number of alkyl halides is 3. The van der Waals surface area contributed by atoms with Crippen molar-refractivity contribution < 1.29 is 13.2 Å². The average Bonchev–Trinajstić information content (AvgIpc) is 2.45. The van der Waals surface area contributed by atoms with Gasteiger partial charge in [0.2, 0.25) is 0 Å². The molecule has 0 saturated heterocycles. The van der Waals surface area contributed by atoms with Crippen molar-refractivity contribution in [2.45, 2.75) is 58.2 Å². The van der Waals surface area contributed by atoms with Crippen molar-refractivity contribution in [1.29, 1.82) is 0 Å². The van der Waals surface area contributed by atoms with Gasteiger partial charge in [-0.3, -0.25) is 0 Å². The maximum atomic E-state index is 12.8. The maximum absolute atomic E-state index is 12.8. The Hall–Kier alpha value is -0.250. The molecule has 4 heteroatoms. The van der Waals surface area contributed by atoms with Gasteiger partial charge in [-0.05, 0) is 45.2 Å². The van der Waals surface area contributed by atoms with Gasteiger partial charge in [-0.1, -0.05) is 20.8 Å². The monoisotopic (exact) mass is 251 g/mol. The molecule has 0 radical (unpaired) electrons. The van der Waals surface area contributed by atoms with Gasteiger partial charge in [-0.15, -0.1) is 0 Å². The molecule has 1 aliphatic carbocycles. The first-order chi connectivity index (χ1) is 7.46. The Bertz CT molecular complexity index is 265. The summed E-state index contributed by atoms with van der Waals surface area (Å²) in [6.07, 6.45) is -2.03. The fraction of sp³-hybridized carbons (Fsp3) is 1.00. The molecule has 102 valence electrons. The van der Waals surface area contributed by atoms with Gasteiger partial charge in [0.15, 0.2) is 0 Å². The molecule has 0 aliphatic heterocycles. The van der Waals surface area contributed by atoms with E-state index in [9.17, 15) is 13.2 Å². The molecule has 1 nitrogen and oxygen atoms in total. The Morgan fingerprint density at radius 1 is 1.18 bits per heavy atom. The van der Waals surface area contributed by atoms with Crippen molar-refractivity contribution in [2.75, 3.05) is 14.1 Å². The highest BCUT2D eigenvalue weighted by Gasteiger charge is 2.52. The lowest BCUT2D eigenvalue weighted by atomic mass is 9.77. The lowest BCUT2D eigenvalue weighted by molar-refractivity contribution is -0.175. The molecule has 1 fully saturated rings. The van der Waals surface area contributed by atoms with Crippen LogP contribution in [0.25, 0.3) is 0 Å². The smallest absolute Gasteiger partial charge is 0.304 e. The van der Waals surface area contributed by atoms with Crippen LogP contribution in [0.2, 0.25) is 0 Å². The van der Waals surface area contributed by atoms with Gasteiger partial charge in [-0.2, -0.15) is 13.2 Å². The first-order valence-corrected chi connectivity index (χ1v) is 6.20. The minimum absolute atomic E-state index is 0.0603. The number of hydrogen-bond donors (Lipinski definition) is 0. The summed E-state index contributed by atoms with van der Waals surface area (Å²) in [4.78, 5) is 2.00. The molecule has 0 spiro atoms. The van der Waals surface area contributed by atoms with E-state index in [1.807, 2.05) is 19.0 Å². The summed E-state index contributed by atoms with van der Waals surface area (Å²) in [5.41, 5.74) is -0.219. The molecule has 2 atom stereocenters. The van der Waals surface area contributed by atoms with Crippen LogP contribution >= 0.6 is 0 Å². The van der Waals surface area contributed by atoms with E-state index in [0.29, 0.717) is 6.42 Å². The van der Waals surface area contributed by atoms with Crippen molar-refractivity contribution in [2.24, 2.45) is 11.3 Å². The highest BCUT2D eigenvalue weighted by Crippen LogP contribution is 2.49. The molecular formula is C13H24F3N. The van der Waals surface area contributed by atoms with Crippen LogP contribution in [0, 0.1) is 11.3 Å². The molecule has 1 aliphatic rings. The Balaban J connectivity index is 2.84. The van der Waals surface area contributed by atoms with Gasteiger partial charge in [0.05, 0.1) is 5.92 Å².